The summed E-state index contributed by atoms with van der Waals surface area (Å²) in [5, 5.41) is 5.95. The van der Waals surface area contributed by atoms with E-state index in [2.05, 4.69) is 38.1 Å². The lowest BCUT2D eigenvalue weighted by atomic mass is 9.96. The zero-order valence-corrected chi connectivity index (χ0v) is 17.5. The van der Waals surface area contributed by atoms with Crippen LogP contribution in [-0.4, -0.2) is 56.1 Å². The van der Waals surface area contributed by atoms with Gasteiger partial charge in [0, 0.05) is 29.2 Å². The average molecular weight is 473 g/mol. The van der Waals surface area contributed by atoms with Crippen LogP contribution in [0, 0.1) is 9.49 Å². The molecule has 6 nitrogen and oxygen atoms in total. The van der Waals surface area contributed by atoms with Gasteiger partial charge in [0.1, 0.15) is 0 Å². The second-order valence-corrected chi connectivity index (χ2v) is 7.58. The van der Waals surface area contributed by atoms with Gasteiger partial charge in [0.2, 0.25) is 11.8 Å². The molecule has 0 radical (unpaired) electrons. The SMILES string of the molecule is CCOCCCNC(=O)C1CCN(CC(=O)Nc2ccccc2I)CC1. The van der Waals surface area contributed by atoms with Crippen molar-refractivity contribution in [1.82, 2.24) is 10.2 Å². The highest BCUT2D eigenvalue weighted by atomic mass is 127. The quantitative estimate of drug-likeness (QED) is 0.427. The lowest BCUT2D eigenvalue weighted by molar-refractivity contribution is -0.126. The summed E-state index contributed by atoms with van der Waals surface area (Å²) < 4.78 is 6.29. The van der Waals surface area contributed by atoms with E-state index >= 15 is 0 Å². The first-order valence-corrected chi connectivity index (χ1v) is 10.3. The van der Waals surface area contributed by atoms with Crippen LogP contribution in [0.15, 0.2) is 24.3 Å². The number of likely N-dealkylation sites (tertiary alicyclic amines) is 1. The van der Waals surface area contributed by atoms with Crippen molar-refractivity contribution in [3.05, 3.63) is 27.8 Å². The minimum Gasteiger partial charge on any atom is -0.382 e. The number of hydrogen-bond acceptors (Lipinski definition) is 4. The second-order valence-electron chi connectivity index (χ2n) is 6.42. The first-order valence-electron chi connectivity index (χ1n) is 9.22. The third kappa shape index (κ3) is 7.20. The van der Waals surface area contributed by atoms with Crippen molar-refractivity contribution in [3.63, 3.8) is 0 Å². The molecule has 0 saturated carbocycles. The van der Waals surface area contributed by atoms with Crippen LogP contribution in [0.4, 0.5) is 5.69 Å². The number of nitrogens with zero attached hydrogens (tertiary/aromatic N) is 1. The van der Waals surface area contributed by atoms with Gasteiger partial charge in [0.05, 0.1) is 12.2 Å². The number of amides is 2. The number of ether oxygens (including phenoxy) is 1. The molecule has 0 unspecified atom stereocenters. The Kier molecular flexibility index (Phi) is 9.35. The van der Waals surface area contributed by atoms with Gasteiger partial charge in [-0.2, -0.15) is 0 Å². The molecule has 0 bridgehead atoms. The highest BCUT2D eigenvalue weighted by Crippen LogP contribution is 2.19. The maximum Gasteiger partial charge on any atom is 0.238 e. The molecule has 144 valence electrons. The van der Waals surface area contributed by atoms with Crippen LogP contribution in [0.25, 0.3) is 0 Å². The molecule has 26 heavy (non-hydrogen) atoms. The highest BCUT2D eigenvalue weighted by Gasteiger charge is 2.25. The summed E-state index contributed by atoms with van der Waals surface area (Å²) in [5.74, 6) is 0.175. The Morgan fingerprint density at radius 2 is 2.00 bits per heavy atom. The van der Waals surface area contributed by atoms with Gasteiger partial charge in [0.25, 0.3) is 0 Å². The van der Waals surface area contributed by atoms with Crippen molar-refractivity contribution in [1.29, 1.82) is 0 Å². The predicted octanol–water partition coefficient (Wildman–Crippen LogP) is 2.48. The van der Waals surface area contributed by atoms with E-state index in [9.17, 15) is 9.59 Å². The fourth-order valence-corrected chi connectivity index (χ4v) is 3.51. The summed E-state index contributed by atoms with van der Waals surface area (Å²) in [4.78, 5) is 26.5. The third-order valence-electron chi connectivity index (χ3n) is 4.44. The molecular formula is C19H28IN3O3. The van der Waals surface area contributed by atoms with Crippen molar-refractivity contribution in [3.8, 4) is 0 Å². The Morgan fingerprint density at radius 1 is 1.27 bits per heavy atom. The number of benzene rings is 1. The van der Waals surface area contributed by atoms with Crippen LogP contribution in [0.2, 0.25) is 0 Å². The molecule has 1 heterocycles. The molecule has 1 aliphatic rings. The lowest BCUT2D eigenvalue weighted by Gasteiger charge is -2.30. The molecule has 2 rings (SSSR count). The number of hydrogen-bond donors (Lipinski definition) is 2. The van der Waals surface area contributed by atoms with Gasteiger partial charge < -0.3 is 15.4 Å². The third-order valence-corrected chi connectivity index (χ3v) is 5.38. The van der Waals surface area contributed by atoms with Gasteiger partial charge in [-0.3, -0.25) is 14.5 Å². The van der Waals surface area contributed by atoms with Crippen molar-refractivity contribution < 1.29 is 14.3 Å². The molecule has 1 aliphatic heterocycles. The fraction of sp³-hybridized carbons (Fsp3) is 0.579. The Balaban J connectivity index is 1.65. The van der Waals surface area contributed by atoms with Gasteiger partial charge >= 0.3 is 0 Å². The van der Waals surface area contributed by atoms with E-state index in [0.29, 0.717) is 26.3 Å². The molecule has 1 aromatic carbocycles. The average Bonchev–Trinajstić information content (AvgIpc) is 2.64. The molecule has 1 saturated heterocycles. The second kappa shape index (κ2) is 11.5. The van der Waals surface area contributed by atoms with E-state index < -0.39 is 0 Å². The summed E-state index contributed by atoms with van der Waals surface area (Å²) in [6.07, 6.45) is 2.44. The van der Waals surface area contributed by atoms with Crippen LogP contribution in [0.1, 0.15) is 26.2 Å². The maximum atomic E-state index is 12.2. The van der Waals surface area contributed by atoms with Crippen LogP contribution in [-0.2, 0) is 14.3 Å². The number of rotatable bonds is 9. The highest BCUT2D eigenvalue weighted by molar-refractivity contribution is 14.1. The lowest BCUT2D eigenvalue weighted by Crippen LogP contribution is -2.43. The Morgan fingerprint density at radius 3 is 2.69 bits per heavy atom. The van der Waals surface area contributed by atoms with Crippen molar-refractivity contribution in [2.24, 2.45) is 5.92 Å². The Labute approximate surface area is 169 Å². The summed E-state index contributed by atoms with van der Waals surface area (Å²) in [7, 11) is 0. The van der Waals surface area contributed by atoms with E-state index in [1.807, 2.05) is 31.2 Å². The van der Waals surface area contributed by atoms with Crippen LogP contribution in [0.3, 0.4) is 0 Å². The summed E-state index contributed by atoms with van der Waals surface area (Å²) in [5.41, 5.74) is 0.847. The molecule has 1 fully saturated rings. The van der Waals surface area contributed by atoms with Gasteiger partial charge in [0.15, 0.2) is 0 Å². The minimum absolute atomic E-state index is 0.00654. The summed E-state index contributed by atoms with van der Waals surface area (Å²) >= 11 is 2.21. The minimum atomic E-state index is -0.00654. The van der Waals surface area contributed by atoms with Gasteiger partial charge in [-0.25, -0.2) is 0 Å². The number of nitrogens with one attached hydrogen (secondary N) is 2. The van der Waals surface area contributed by atoms with E-state index in [1.165, 1.54) is 0 Å². The first-order chi connectivity index (χ1) is 12.6. The summed E-state index contributed by atoms with van der Waals surface area (Å²) in [6, 6.07) is 7.73. The Hall–Kier alpha value is -1.19. The molecule has 0 aromatic heterocycles. The zero-order valence-electron chi connectivity index (χ0n) is 15.3. The van der Waals surface area contributed by atoms with Crippen LogP contribution in [0.5, 0.6) is 0 Å². The monoisotopic (exact) mass is 473 g/mol. The number of carbonyl (C=O) groups is 2. The van der Waals surface area contributed by atoms with Gasteiger partial charge in [-0.05, 0) is 74.0 Å². The maximum absolute atomic E-state index is 12.2. The van der Waals surface area contributed by atoms with Crippen LogP contribution < -0.4 is 10.6 Å². The molecule has 2 N–H and O–H groups in total. The molecule has 0 atom stereocenters. The standard InChI is InChI=1S/C19H28IN3O3/c1-2-26-13-5-10-21-19(25)15-8-11-23(12-9-15)14-18(24)22-17-7-4-3-6-16(17)20/h3-4,6-7,15H,2,5,8-14H2,1H3,(H,21,25)(H,22,24). The molecule has 1 aromatic rings. The number of carbonyl (C=O) groups excluding carboxylic acids is 2. The smallest absolute Gasteiger partial charge is 0.238 e. The number of halogens is 1. The van der Waals surface area contributed by atoms with Gasteiger partial charge in [-0.1, -0.05) is 12.1 Å². The molecule has 0 spiro atoms. The largest absolute Gasteiger partial charge is 0.382 e. The molecular weight excluding hydrogens is 445 g/mol. The number of piperidine rings is 1. The first kappa shape index (κ1) is 21.1. The number of para-hydroxylation sites is 1. The Bertz CT molecular complexity index is 589. The van der Waals surface area contributed by atoms with Crippen molar-refractivity contribution in [2.75, 3.05) is 44.7 Å². The molecule has 7 heteroatoms. The van der Waals surface area contributed by atoms with E-state index in [4.69, 9.17) is 4.74 Å². The van der Waals surface area contributed by atoms with E-state index in [1.54, 1.807) is 0 Å². The fourth-order valence-electron chi connectivity index (χ4n) is 2.98. The zero-order chi connectivity index (χ0) is 18.8. The normalized spacial score (nSPS) is 15.6. The van der Waals surface area contributed by atoms with Crippen molar-refractivity contribution in [2.45, 2.75) is 26.2 Å². The van der Waals surface area contributed by atoms with Gasteiger partial charge in [-0.15, -0.1) is 0 Å². The topological polar surface area (TPSA) is 70.7 Å². The predicted molar refractivity (Wildman–Crippen MR) is 111 cm³/mol. The van der Waals surface area contributed by atoms with Crippen molar-refractivity contribution >= 4 is 40.1 Å². The van der Waals surface area contributed by atoms with E-state index in [-0.39, 0.29) is 17.7 Å². The van der Waals surface area contributed by atoms with E-state index in [0.717, 1.165) is 41.6 Å². The van der Waals surface area contributed by atoms with Crippen LogP contribution >= 0.6 is 22.6 Å². The summed E-state index contributed by atoms with van der Waals surface area (Å²) in [6.45, 7) is 5.94. The molecule has 0 aliphatic carbocycles. The number of anilines is 1. The molecule has 2 amide bonds.